The molecule has 5 nitrogen and oxygen atoms in total. The van der Waals surface area contributed by atoms with E-state index in [-0.39, 0.29) is 42.2 Å². The summed E-state index contributed by atoms with van der Waals surface area (Å²) in [6.45, 7) is 1.66. The molecule has 2 aromatic rings. The quantitative estimate of drug-likeness (QED) is 0.578. The number of Topliss-reactive ketones (excluding diaryl/α,β-unsaturated/α-hetero) is 1. The summed E-state index contributed by atoms with van der Waals surface area (Å²) in [5.41, 5.74) is -1.75. The van der Waals surface area contributed by atoms with E-state index in [1.807, 2.05) is 0 Å². The highest BCUT2D eigenvalue weighted by atomic mass is 32.1. The van der Waals surface area contributed by atoms with Gasteiger partial charge in [0.1, 0.15) is 16.6 Å². The molecule has 1 aromatic carbocycles. The standard InChI is InChI=1S/C19H15F4NO4S/c1-2-28-18(27)14-10-7-6-9(25)8-13(10)29-17(14)24-16(26)11-4-3-5-12(15(11)20)19(21,22)23/h3-5H,2,6-8H2,1H3,(H,24,26). The number of nitrogens with one attached hydrogen (secondary N) is 1. The zero-order valence-corrected chi connectivity index (χ0v) is 15.9. The van der Waals surface area contributed by atoms with E-state index < -0.39 is 35.0 Å². The number of carbonyl (C=O) groups excluding carboxylic acids is 3. The number of ether oxygens (including phenoxy) is 1. The van der Waals surface area contributed by atoms with Crippen LogP contribution in [0.4, 0.5) is 22.6 Å². The van der Waals surface area contributed by atoms with Crippen molar-refractivity contribution < 1.29 is 36.7 Å². The van der Waals surface area contributed by atoms with Gasteiger partial charge < -0.3 is 10.1 Å². The molecule has 0 unspecified atom stereocenters. The number of fused-ring (bicyclic) bond motifs is 1. The normalized spacial score (nSPS) is 13.8. The van der Waals surface area contributed by atoms with Crippen molar-refractivity contribution in [3.63, 3.8) is 0 Å². The molecule has 0 fully saturated rings. The summed E-state index contributed by atoms with van der Waals surface area (Å²) in [5, 5.41) is 2.34. The van der Waals surface area contributed by atoms with Crippen LogP contribution >= 0.6 is 11.3 Å². The minimum atomic E-state index is -4.96. The van der Waals surface area contributed by atoms with Gasteiger partial charge in [0.25, 0.3) is 5.91 Å². The molecular weight excluding hydrogens is 414 g/mol. The summed E-state index contributed by atoms with van der Waals surface area (Å²) < 4.78 is 58.0. The Balaban J connectivity index is 1.99. The molecule has 154 valence electrons. The van der Waals surface area contributed by atoms with Crippen molar-refractivity contribution in [2.24, 2.45) is 0 Å². The van der Waals surface area contributed by atoms with Crippen LogP contribution < -0.4 is 5.32 Å². The average Bonchev–Trinajstić information content (AvgIpc) is 2.97. The predicted molar refractivity (Wildman–Crippen MR) is 96.7 cm³/mol. The first kappa shape index (κ1) is 21.0. The van der Waals surface area contributed by atoms with Gasteiger partial charge in [-0.15, -0.1) is 11.3 Å². The second-order valence-electron chi connectivity index (χ2n) is 6.26. The molecule has 0 radical (unpaired) electrons. The first-order valence-electron chi connectivity index (χ1n) is 8.63. The van der Waals surface area contributed by atoms with Crippen molar-refractivity contribution in [2.75, 3.05) is 11.9 Å². The summed E-state index contributed by atoms with van der Waals surface area (Å²) in [5.74, 6) is -3.59. The maximum Gasteiger partial charge on any atom is 0.419 e. The molecule has 0 atom stereocenters. The Bertz CT molecular complexity index is 997. The third-order valence-corrected chi connectivity index (χ3v) is 5.51. The van der Waals surface area contributed by atoms with E-state index in [1.165, 1.54) is 0 Å². The highest BCUT2D eigenvalue weighted by molar-refractivity contribution is 7.17. The van der Waals surface area contributed by atoms with E-state index in [0.717, 1.165) is 23.5 Å². The Kier molecular flexibility index (Phi) is 5.74. The van der Waals surface area contributed by atoms with Gasteiger partial charge in [0.2, 0.25) is 0 Å². The zero-order chi connectivity index (χ0) is 21.3. The van der Waals surface area contributed by atoms with Crippen molar-refractivity contribution >= 4 is 34.0 Å². The number of ketones is 1. The van der Waals surface area contributed by atoms with Crippen LogP contribution in [0.15, 0.2) is 18.2 Å². The number of alkyl halides is 3. The SMILES string of the molecule is CCOC(=O)c1c(NC(=O)c2cccc(C(F)(F)F)c2F)sc2c1CCC(=O)C2. The van der Waals surface area contributed by atoms with Crippen LogP contribution in [0.5, 0.6) is 0 Å². The van der Waals surface area contributed by atoms with Crippen LogP contribution in [-0.4, -0.2) is 24.3 Å². The molecule has 0 bridgehead atoms. The molecule has 1 N–H and O–H groups in total. The fourth-order valence-corrected chi connectivity index (χ4v) is 4.31. The number of hydrogen-bond donors (Lipinski definition) is 1. The molecule has 1 aliphatic carbocycles. The lowest BCUT2D eigenvalue weighted by Gasteiger charge is -2.12. The predicted octanol–water partition coefficient (Wildman–Crippen LogP) is 4.39. The third-order valence-electron chi connectivity index (χ3n) is 4.36. The minimum Gasteiger partial charge on any atom is -0.462 e. The van der Waals surface area contributed by atoms with Gasteiger partial charge >= 0.3 is 12.1 Å². The molecule has 29 heavy (non-hydrogen) atoms. The highest BCUT2D eigenvalue weighted by Crippen LogP contribution is 2.38. The average molecular weight is 429 g/mol. The first-order chi connectivity index (χ1) is 13.6. The van der Waals surface area contributed by atoms with Gasteiger partial charge in [-0.3, -0.25) is 9.59 Å². The molecular formula is C19H15F4NO4S. The number of hydrogen-bond acceptors (Lipinski definition) is 5. The number of halogens is 4. The van der Waals surface area contributed by atoms with E-state index in [0.29, 0.717) is 16.5 Å². The van der Waals surface area contributed by atoms with Gasteiger partial charge in [0.15, 0.2) is 0 Å². The zero-order valence-electron chi connectivity index (χ0n) is 15.1. The molecule has 0 spiro atoms. The number of amides is 1. The number of rotatable bonds is 4. The van der Waals surface area contributed by atoms with E-state index in [1.54, 1.807) is 6.92 Å². The molecule has 10 heteroatoms. The maximum atomic E-state index is 14.3. The monoisotopic (exact) mass is 429 g/mol. The summed E-state index contributed by atoms with van der Waals surface area (Å²) in [7, 11) is 0. The summed E-state index contributed by atoms with van der Waals surface area (Å²) in [4.78, 5) is 37.2. The summed E-state index contributed by atoms with van der Waals surface area (Å²) >= 11 is 0.960. The number of anilines is 1. The van der Waals surface area contributed by atoms with Crippen LogP contribution in [0, 0.1) is 5.82 Å². The molecule has 0 aliphatic heterocycles. The van der Waals surface area contributed by atoms with Crippen LogP contribution in [0.3, 0.4) is 0 Å². The van der Waals surface area contributed by atoms with Crippen LogP contribution in [-0.2, 0) is 28.5 Å². The van der Waals surface area contributed by atoms with E-state index in [4.69, 9.17) is 4.74 Å². The smallest absolute Gasteiger partial charge is 0.419 e. The lowest BCUT2D eigenvalue weighted by molar-refractivity contribution is -0.140. The molecule has 1 aliphatic rings. The molecule has 3 rings (SSSR count). The van der Waals surface area contributed by atoms with Gasteiger partial charge in [0.05, 0.1) is 23.3 Å². The fraction of sp³-hybridized carbons (Fsp3) is 0.316. The fourth-order valence-electron chi connectivity index (χ4n) is 3.06. The summed E-state index contributed by atoms with van der Waals surface area (Å²) in [6, 6.07) is 2.37. The van der Waals surface area contributed by atoms with Gasteiger partial charge in [-0.1, -0.05) is 6.07 Å². The van der Waals surface area contributed by atoms with Gasteiger partial charge in [-0.2, -0.15) is 13.2 Å². The topological polar surface area (TPSA) is 72.5 Å². The van der Waals surface area contributed by atoms with Crippen molar-refractivity contribution in [2.45, 2.75) is 32.4 Å². The van der Waals surface area contributed by atoms with Crippen molar-refractivity contribution in [1.82, 2.24) is 0 Å². The van der Waals surface area contributed by atoms with Crippen molar-refractivity contribution in [3.8, 4) is 0 Å². The molecule has 0 saturated heterocycles. The van der Waals surface area contributed by atoms with Crippen LogP contribution in [0.25, 0.3) is 0 Å². The van der Waals surface area contributed by atoms with E-state index in [9.17, 15) is 31.9 Å². The second-order valence-corrected chi connectivity index (χ2v) is 7.37. The third kappa shape index (κ3) is 4.16. The molecule has 1 amide bonds. The van der Waals surface area contributed by atoms with Gasteiger partial charge in [-0.05, 0) is 31.0 Å². The lowest BCUT2D eigenvalue weighted by atomic mass is 9.94. The Labute approximate surface area is 166 Å². The Hall–Kier alpha value is -2.75. The van der Waals surface area contributed by atoms with Gasteiger partial charge in [0, 0.05) is 17.7 Å². The first-order valence-corrected chi connectivity index (χ1v) is 9.45. The number of carbonyl (C=O) groups is 3. The Morgan fingerprint density at radius 3 is 2.62 bits per heavy atom. The second kappa shape index (κ2) is 7.94. The van der Waals surface area contributed by atoms with Crippen LogP contribution in [0.2, 0.25) is 0 Å². The van der Waals surface area contributed by atoms with Crippen LogP contribution in [0.1, 0.15) is 50.1 Å². The molecule has 0 saturated carbocycles. The van der Waals surface area contributed by atoms with Crippen molar-refractivity contribution in [1.29, 1.82) is 0 Å². The lowest BCUT2D eigenvalue weighted by Crippen LogP contribution is -2.19. The Morgan fingerprint density at radius 2 is 1.97 bits per heavy atom. The van der Waals surface area contributed by atoms with Gasteiger partial charge in [-0.25, -0.2) is 9.18 Å². The largest absolute Gasteiger partial charge is 0.462 e. The number of benzene rings is 1. The van der Waals surface area contributed by atoms with E-state index >= 15 is 0 Å². The minimum absolute atomic E-state index is 0.0185. The molecule has 1 heterocycles. The highest BCUT2D eigenvalue weighted by Gasteiger charge is 2.36. The Morgan fingerprint density at radius 1 is 1.24 bits per heavy atom. The molecule has 1 aromatic heterocycles. The number of thiophene rings is 1. The number of esters is 1. The van der Waals surface area contributed by atoms with Crippen molar-refractivity contribution in [3.05, 3.63) is 51.1 Å². The van der Waals surface area contributed by atoms with E-state index in [2.05, 4.69) is 5.32 Å². The summed E-state index contributed by atoms with van der Waals surface area (Å²) in [6.07, 6.45) is -4.36. The maximum absolute atomic E-state index is 14.3.